The molecule has 1 heterocycles. The summed E-state index contributed by atoms with van der Waals surface area (Å²) in [6.45, 7) is 0.999. The molecule has 0 saturated heterocycles. The Morgan fingerprint density at radius 2 is 2.14 bits per heavy atom. The number of likely N-dealkylation sites (N-methyl/N-ethyl adjacent to an activating group) is 1. The van der Waals surface area contributed by atoms with Crippen molar-refractivity contribution in [1.29, 1.82) is 0 Å². The molecule has 1 saturated carbocycles. The van der Waals surface area contributed by atoms with E-state index in [0.717, 1.165) is 28.8 Å². The third kappa shape index (κ3) is 2.73. The molecule has 2 aromatic rings. The number of alkyl halides is 1. The first-order valence-corrected chi connectivity index (χ1v) is 8.76. The van der Waals surface area contributed by atoms with Gasteiger partial charge in [0.05, 0.1) is 11.0 Å². The minimum absolute atomic E-state index is 0.275. The SMILES string of the molecule is CN(C)C1(Cn2c(CCCl)nc3ccc(Br)cc32)CCC1. The lowest BCUT2D eigenvalue weighted by molar-refractivity contribution is 0.0428. The van der Waals surface area contributed by atoms with E-state index < -0.39 is 0 Å². The molecule has 0 radical (unpaired) electrons. The van der Waals surface area contributed by atoms with E-state index in [1.165, 1.54) is 24.8 Å². The zero-order valence-corrected chi connectivity index (χ0v) is 14.9. The molecule has 3 nitrogen and oxygen atoms in total. The summed E-state index contributed by atoms with van der Waals surface area (Å²) in [4.78, 5) is 7.16. The van der Waals surface area contributed by atoms with Crippen LogP contribution in [-0.4, -0.2) is 40.0 Å². The molecule has 0 spiro atoms. The third-order valence-electron chi connectivity index (χ3n) is 4.79. The molecule has 1 aromatic carbocycles. The van der Waals surface area contributed by atoms with Crippen LogP contribution in [0, 0.1) is 0 Å². The predicted octanol–water partition coefficient (Wildman–Crippen LogP) is 4.06. The Morgan fingerprint density at radius 1 is 1.38 bits per heavy atom. The second kappa shape index (κ2) is 5.90. The van der Waals surface area contributed by atoms with Crippen LogP contribution in [0.15, 0.2) is 22.7 Å². The third-order valence-corrected chi connectivity index (χ3v) is 5.48. The summed E-state index contributed by atoms with van der Waals surface area (Å²) in [7, 11) is 4.38. The molecule has 0 aliphatic heterocycles. The number of aryl methyl sites for hydroxylation is 1. The van der Waals surface area contributed by atoms with Crippen molar-refractivity contribution in [3.05, 3.63) is 28.5 Å². The summed E-state index contributed by atoms with van der Waals surface area (Å²) < 4.78 is 3.47. The van der Waals surface area contributed by atoms with E-state index in [9.17, 15) is 0 Å². The quantitative estimate of drug-likeness (QED) is 0.740. The molecule has 1 fully saturated rings. The Bertz CT molecular complexity index is 646. The Labute approximate surface area is 139 Å². The molecular formula is C16H21BrClN3. The number of benzene rings is 1. The zero-order valence-electron chi connectivity index (χ0n) is 12.6. The number of halogens is 2. The fourth-order valence-electron chi connectivity index (χ4n) is 3.22. The maximum absolute atomic E-state index is 5.98. The monoisotopic (exact) mass is 369 g/mol. The maximum atomic E-state index is 5.98. The van der Waals surface area contributed by atoms with Crippen molar-refractivity contribution in [2.45, 2.75) is 37.8 Å². The molecule has 1 aliphatic carbocycles. The Kier molecular flexibility index (Phi) is 4.30. The summed E-state index contributed by atoms with van der Waals surface area (Å²) in [5, 5.41) is 0. The van der Waals surface area contributed by atoms with Crippen LogP contribution >= 0.6 is 27.5 Å². The highest BCUT2D eigenvalue weighted by Gasteiger charge is 2.40. The molecule has 5 heteroatoms. The second-order valence-corrected chi connectivity index (χ2v) is 7.45. The van der Waals surface area contributed by atoms with Gasteiger partial charge in [-0.25, -0.2) is 4.98 Å². The molecule has 1 aliphatic rings. The van der Waals surface area contributed by atoms with Gasteiger partial charge in [0.2, 0.25) is 0 Å². The molecule has 0 N–H and O–H groups in total. The summed E-state index contributed by atoms with van der Waals surface area (Å²) in [6.07, 6.45) is 4.65. The normalized spacial score (nSPS) is 17.4. The van der Waals surface area contributed by atoms with Crippen molar-refractivity contribution in [2.24, 2.45) is 0 Å². The lowest BCUT2D eigenvalue weighted by Crippen LogP contribution is -2.53. The van der Waals surface area contributed by atoms with Gasteiger partial charge in [0, 0.05) is 28.9 Å². The highest BCUT2D eigenvalue weighted by Crippen LogP contribution is 2.39. The Morgan fingerprint density at radius 3 is 2.71 bits per heavy atom. The number of imidazole rings is 1. The Hall–Kier alpha value is -0.580. The Balaban J connectivity index is 2.06. The molecule has 0 atom stereocenters. The average Bonchev–Trinajstić information content (AvgIpc) is 2.71. The van der Waals surface area contributed by atoms with Crippen LogP contribution in [0.3, 0.4) is 0 Å². The number of rotatable bonds is 5. The van der Waals surface area contributed by atoms with Crippen LogP contribution in [0.5, 0.6) is 0 Å². The fourth-order valence-corrected chi connectivity index (χ4v) is 3.74. The molecule has 0 amide bonds. The van der Waals surface area contributed by atoms with Crippen molar-refractivity contribution < 1.29 is 0 Å². The zero-order chi connectivity index (χ0) is 15.0. The predicted molar refractivity (Wildman–Crippen MR) is 92.1 cm³/mol. The molecule has 0 unspecified atom stereocenters. The maximum Gasteiger partial charge on any atom is 0.111 e. The molecule has 0 bridgehead atoms. The fraction of sp³-hybridized carbons (Fsp3) is 0.562. The highest BCUT2D eigenvalue weighted by atomic mass is 79.9. The number of fused-ring (bicyclic) bond motifs is 1. The van der Waals surface area contributed by atoms with Crippen LogP contribution in [0.2, 0.25) is 0 Å². The van der Waals surface area contributed by atoms with Crippen molar-refractivity contribution in [3.63, 3.8) is 0 Å². The smallest absolute Gasteiger partial charge is 0.111 e. The van der Waals surface area contributed by atoms with Gasteiger partial charge in [0.25, 0.3) is 0 Å². The molecule has 3 rings (SSSR count). The van der Waals surface area contributed by atoms with Crippen LogP contribution in [0.4, 0.5) is 0 Å². The van der Waals surface area contributed by atoms with E-state index in [4.69, 9.17) is 16.6 Å². The van der Waals surface area contributed by atoms with Gasteiger partial charge in [0.1, 0.15) is 5.82 Å². The van der Waals surface area contributed by atoms with E-state index in [1.807, 2.05) is 0 Å². The van der Waals surface area contributed by atoms with Crippen LogP contribution in [0.25, 0.3) is 11.0 Å². The van der Waals surface area contributed by atoms with Gasteiger partial charge in [-0.05, 0) is 51.6 Å². The van der Waals surface area contributed by atoms with Crippen LogP contribution < -0.4 is 0 Å². The van der Waals surface area contributed by atoms with Gasteiger partial charge in [-0.3, -0.25) is 0 Å². The van der Waals surface area contributed by atoms with Crippen molar-refractivity contribution >= 4 is 38.6 Å². The van der Waals surface area contributed by atoms with E-state index >= 15 is 0 Å². The topological polar surface area (TPSA) is 21.1 Å². The van der Waals surface area contributed by atoms with Crippen molar-refractivity contribution in [1.82, 2.24) is 14.5 Å². The molecule has 21 heavy (non-hydrogen) atoms. The van der Waals surface area contributed by atoms with E-state index in [1.54, 1.807) is 0 Å². The van der Waals surface area contributed by atoms with Crippen LogP contribution in [-0.2, 0) is 13.0 Å². The van der Waals surface area contributed by atoms with Gasteiger partial charge in [-0.15, -0.1) is 11.6 Å². The average molecular weight is 371 g/mol. The summed E-state index contributed by atoms with van der Waals surface area (Å²) in [5.41, 5.74) is 2.54. The standard InChI is InChI=1S/C16H21BrClN3/c1-20(2)16(7-3-8-16)11-21-14-10-12(17)4-5-13(14)19-15(21)6-9-18/h4-5,10H,3,6-9,11H2,1-2H3. The number of nitrogens with zero attached hydrogens (tertiary/aromatic N) is 3. The number of hydrogen-bond acceptors (Lipinski definition) is 2. The summed E-state index contributed by atoms with van der Waals surface area (Å²) in [6, 6.07) is 6.30. The second-order valence-electron chi connectivity index (χ2n) is 6.16. The van der Waals surface area contributed by atoms with Gasteiger partial charge in [-0.2, -0.15) is 0 Å². The number of hydrogen-bond donors (Lipinski definition) is 0. The summed E-state index contributed by atoms with van der Waals surface area (Å²) in [5.74, 6) is 1.71. The lowest BCUT2D eigenvalue weighted by atomic mass is 9.75. The minimum Gasteiger partial charge on any atom is -0.326 e. The first kappa shape index (κ1) is 15.3. The highest BCUT2D eigenvalue weighted by molar-refractivity contribution is 9.10. The van der Waals surface area contributed by atoms with Crippen molar-refractivity contribution in [3.8, 4) is 0 Å². The van der Waals surface area contributed by atoms with Gasteiger partial charge in [-0.1, -0.05) is 15.9 Å². The van der Waals surface area contributed by atoms with Gasteiger partial charge < -0.3 is 9.47 Å². The molecule has 1 aromatic heterocycles. The van der Waals surface area contributed by atoms with E-state index in [2.05, 4.69) is 57.7 Å². The van der Waals surface area contributed by atoms with E-state index in [-0.39, 0.29) is 5.54 Å². The van der Waals surface area contributed by atoms with E-state index in [0.29, 0.717) is 5.88 Å². The van der Waals surface area contributed by atoms with Gasteiger partial charge in [0.15, 0.2) is 0 Å². The van der Waals surface area contributed by atoms with Crippen LogP contribution in [0.1, 0.15) is 25.1 Å². The van der Waals surface area contributed by atoms with Gasteiger partial charge >= 0.3 is 0 Å². The minimum atomic E-state index is 0.275. The summed E-state index contributed by atoms with van der Waals surface area (Å²) >= 11 is 9.55. The lowest BCUT2D eigenvalue weighted by Gasteiger charge is -2.47. The first-order valence-electron chi connectivity index (χ1n) is 7.44. The molecule has 114 valence electrons. The first-order chi connectivity index (χ1) is 10.1. The number of aromatic nitrogens is 2. The largest absolute Gasteiger partial charge is 0.326 e. The molecular weight excluding hydrogens is 350 g/mol. The van der Waals surface area contributed by atoms with Crippen molar-refractivity contribution in [2.75, 3.05) is 20.0 Å².